The number of pyridine rings is 1. The van der Waals surface area contributed by atoms with Crippen molar-refractivity contribution in [2.75, 3.05) is 14.2 Å². The number of carbonyl (C=O) groups is 1. The molecule has 1 heterocycles. The first-order chi connectivity index (χ1) is 13.1. The number of nitrogens with zero attached hydrogens (tertiary/aromatic N) is 1. The van der Waals surface area contributed by atoms with Gasteiger partial charge in [0.15, 0.2) is 11.5 Å². The topological polar surface area (TPSA) is 60.5 Å². The zero-order valence-corrected chi connectivity index (χ0v) is 15.7. The molecule has 5 nitrogen and oxygen atoms in total. The summed E-state index contributed by atoms with van der Waals surface area (Å²) in [6.07, 6.45) is 3.42. The maximum absolute atomic E-state index is 12.9. The van der Waals surface area contributed by atoms with Crippen LogP contribution in [0.4, 0.5) is 0 Å². The van der Waals surface area contributed by atoms with E-state index in [-0.39, 0.29) is 11.9 Å². The second kappa shape index (κ2) is 8.56. The lowest BCUT2D eigenvalue weighted by Gasteiger charge is -2.20. The van der Waals surface area contributed by atoms with E-state index in [1.807, 2.05) is 24.3 Å². The van der Waals surface area contributed by atoms with Gasteiger partial charge in [-0.3, -0.25) is 9.78 Å². The molecule has 0 radical (unpaired) electrons. The summed E-state index contributed by atoms with van der Waals surface area (Å²) in [5.41, 5.74) is 2.24. The first-order valence-corrected chi connectivity index (χ1v) is 8.68. The summed E-state index contributed by atoms with van der Waals surface area (Å²) in [5, 5.41) is 3.69. The molecule has 1 N–H and O–H groups in total. The minimum Gasteiger partial charge on any atom is -0.493 e. The van der Waals surface area contributed by atoms with E-state index in [1.165, 1.54) is 7.11 Å². The third-order valence-corrected chi connectivity index (χ3v) is 4.39. The fourth-order valence-corrected chi connectivity index (χ4v) is 2.88. The van der Waals surface area contributed by atoms with Crippen molar-refractivity contribution in [3.63, 3.8) is 0 Å². The molecule has 0 bridgehead atoms. The van der Waals surface area contributed by atoms with Gasteiger partial charge in [0.1, 0.15) is 0 Å². The number of hydrogen-bond acceptors (Lipinski definition) is 4. The highest BCUT2D eigenvalue weighted by Crippen LogP contribution is 2.28. The van der Waals surface area contributed by atoms with E-state index in [0.717, 1.165) is 11.1 Å². The van der Waals surface area contributed by atoms with Gasteiger partial charge in [-0.15, -0.1) is 0 Å². The van der Waals surface area contributed by atoms with Crippen molar-refractivity contribution in [1.82, 2.24) is 10.3 Å². The maximum atomic E-state index is 12.9. The lowest BCUT2D eigenvalue weighted by molar-refractivity contribution is 0.0942. The molecule has 3 rings (SSSR count). The third-order valence-electron chi connectivity index (χ3n) is 4.14. The molecule has 0 saturated heterocycles. The highest BCUT2D eigenvalue weighted by atomic mass is 35.5. The van der Waals surface area contributed by atoms with E-state index in [9.17, 15) is 4.79 Å². The molecule has 6 heteroatoms. The number of hydrogen-bond donors (Lipinski definition) is 1. The van der Waals surface area contributed by atoms with Gasteiger partial charge in [0.2, 0.25) is 0 Å². The minimum absolute atomic E-state index is 0.236. The standard InChI is InChI=1S/C21H19ClN2O3/c1-26-18-10-7-15(12-19(18)27-2)21(25)24-20(16-4-3-11-23-13-16)14-5-8-17(22)9-6-14/h3-13,20H,1-2H3,(H,24,25)/t20-/m0/s1. The molecule has 1 amide bonds. The highest BCUT2D eigenvalue weighted by molar-refractivity contribution is 6.30. The lowest BCUT2D eigenvalue weighted by atomic mass is 9.99. The van der Waals surface area contributed by atoms with Gasteiger partial charge in [0.05, 0.1) is 20.3 Å². The SMILES string of the molecule is COc1ccc(C(=O)N[C@@H](c2ccc(Cl)cc2)c2cccnc2)cc1OC. The Hall–Kier alpha value is -3.05. The first-order valence-electron chi connectivity index (χ1n) is 8.30. The van der Waals surface area contributed by atoms with Crippen molar-refractivity contribution in [2.45, 2.75) is 6.04 Å². The van der Waals surface area contributed by atoms with E-state index < -0.39 is 0 Å². The van der Waals surface area contributed by atoms with Gasteiger partial charge in [0, 0.05) is 23.0 Å². The quantitative estimate of drug-likeness (QED) is 0.691. The highest BCUT2D eigenvalue weighted by Gasteiger charge is 2.19. The molecule has 0 fully saturated rings. The van der Waals surface area contributed by atoms with Crippen molar-refractivity contribution in [3.05, 3.63) is 88.7 Å². The molecule has 138 valence electrons. The molecule has 0 aliphatic carbocycles. The number of carbonyl (C=O) groups excluding carboxylic acids is 1. The molecule has 0 saturated carbocycles. The van der Waals surface area contributed by atoms with Crippen LogP contribution in [0.25, 0.3) is 0 Å². The van der Waals surface area contributed by atoms with Crippen LogP contribution in [-0.4, -0.2) is 25.1 Å². The van der Waals surface area contributed by atoms with Crippen molar-refractivity contribution in [2.24, 2.45) is 0 Å². The zero-order chi connectivity index (χ0) is 19.2. The number of ether oxygens (including phenoxy) is 2. The average Bonchev–Trinajstić information content (AvgIpc) is 2.72. The molecule has 27 heavy (non-hydrogen) atoms. The summed E-state index contributed by atoms with van der Waals surface area (Å²) in [6, 6.07) is 15.8. The number of methoxy groups -OCH3 is 2. The average molecular weight is 383 g/mol. The number of aromatic nitrogens is 1. The van der Waals surface area contributed by atoms with E-state index in [0.29, 0.717) is 22.1 Å². The first kappa shape index (κ1) is 18.7. The van der Waals surface area contributed by atoms with Crippen LogP contribution in [0, 0.1) is 0 Å². The van der Waals surface area contributed by atoms with Gasteiger partial charge in [-0.05, 0) is 47.5 Å². The molecular weight excluding hydrogens is 364 g/mol. The van der Waals surface area contributed by atoms with Crippen LogP contribution in [-0.2, 0) is 0 Å². The van der Waals surface area contributed by atoms with Crippen molar-refractivity contribution in [3.8, 4) is 11.5 Å². The van der Waals surface area contributed by atoms with Crippen LogP contribution in [0.5, 0.6) is 11.5 Å². The number of amides is 1. The molecular formula is C21H19ClN2O3. The number of rotatable bonds is 6. The molecule has 2 aromatic carbocycles. The van der Waals surface area contributed by atoms with Crippen LogP contribution >= 0.6 is 11.6 Å². The van der Waals surface area contributed by atoms with Crippen LogP contribution in [0.15, 0.2) is 67.0 Å². The summed E-state index contributed by atoms with van der Waals surface area (Å²) in [4.78, 5) is 17.0. The largest absolute Gasteiger partial charge is 0.493 e. The van der Waals surface area contributed by atoms with Crippen molar-refractivity contribution < 1.29 is 14.3 Å². The monoisotopic (exact) mass is 382 g/mol. The predicted octanol–water partition coefficient (Wildman–Crippen LogP) is 4.27. The van der Waals surface area contributed by atoms with Crippen LogP contribution in [0.2, 0.25) is 5.02 Å². The second-order valence-corrected chi connectivity index (χ2v) is 6.25. The molecule has 0 spiro atoms. The van der Waals surface area contributed by atoms with Crippen molar-refractivity contribution >= 4 is 17.5 Å². The van der Waals surface area contributed by atoms with Gasteiger partial charge < -0.3 is 14.8 Å². The Labute approximate surface area is 162 Å². The number of halogens is 1. The second-order valence-electron chi connectivity index (χ2n) is 5.81. The Kier molecular flexibility index (Phi) is 5.94. The van der Waals surface area contributed by atoms with Gasteiger partial charge in [-0.1, -0.05) is 29.8 Å². The normalized spacial score (nSPS) is 11.5. The van der Waals surface area contributed by atoms with Gasteiger partial charge in [0.25, 0.3) is 5.91 Å². The van der Waals surface area contributed by atoms with Crippen LogP contribution in [0.3, 0.4) is 0 Å². The van der Waals surface area contributed by atoms with Gasteiger partial charge in [-0.25, -0.2) is 0 Å². The van der Waals surface area contributed by atoms with E-state index >= 15 is 0 Å². The summed E-state index contributed by atoms with van der Waals surface area (Å²) in [6.45, 7) is 0. The predicted molar refractivity (Wildman–Crippen MR) is 105 cm³/mol. The minimum atomic E-state index is -0.364. The molecule has 0 aliphatic heterocycles. The van der Waals surface area contributed by atoms with E-state index in [2.05, 4.69) is 10.3 Å². The fraction of sp³-hybridized carbons (Fsp3) is 0.143. The summed E-state index contributed by atoms with van der Waals surface area (Å²) < 4.78 is 10.5. The summed E-state index contributed by atoms with van der Waals surface area (Å²) in [5.74, 6) is 0.824. The smallest absolute Gasteiger partial charge is 0.252 e. The zero-order valence-electron chi connectivity index (χ0n) is 15.0. The van der Waals surface area contributed by atoms with Gasteiger partial charge in [-0.2, -0.15) is 0 Å². The Bertz CT molecular complexity index is 914. The number of benzene rings is 2. The Morgan fingerprint density at radius 2 is 1.74 bits per heavy atom. The molecule has 1 atom stereocenters. The number of nitrogens with one attached hydrogen (secondary N) is 1. The van der Waals surface area contributed by atoms with Crippen LogP contribution in [0.1, 0.15) is 27.5 Å². The lowest BCUT2D eigenvalue weighted by Crippen LogP contribution is -2.29. The molecule has 0 aliphatic rings. The molecule has 3 aromatic rings. The molecule has 1 aromatic heterocycles. The van der Waals surface area contributed by atoms with E-state index in [1.54, 1.807) is 49.8 Å². The Morgan fingerprint density at radius 1 is 1.00 bits per heavy atom. The Morgan fingerprint density at radius 3 is 2.37 bits per heavy atom. The molecule has 0 unspecified atom stereocenters. The summed E-state index contributed by atoms with van der Waals surface area (Å²) in [7, 11) is 3.09. The maximum Gasteiger partial charge on any atom is 0.252 e. The van der Waals surface area contributed by atoms with E-state index in [4.69, 9.17) is 21.1 Å². The fourth-order valence-electron chi connectivity index (χ4n) is 2.75. The Balaban J connectivity index is 1.92. The summed E-state index contributed by atoms with van der Waals surface area (Å²) >= 11 is 6.00. The van der Waals surface area contributed by atoms with Crippen molar-refractivity contribution in [1.29, 1.82) is 0 Å². The van der Waals surface area contributed by atoms with Gasteiger partial charge >= 0.3 is 0 Å². The van der Waals surface area contributed by atoms with Crippen LogP contribution < -0.4 is 14.8 Å². The third kappa shape index (κ3) is 4.38.